The average Bonchev–Trinajstić information content (AvgIpc) is 2.42. The molecule has 0 amide bonds. The number of halogens is 1. The van der Waals surface area contributed by atoms with E-state index in [9.17, 15) is 12.8 Å². The highest BCUT2D eigenvalue weighted by Crippen LogP contribution is 2.19. The lowest BCUT2D eigenvalue weighted by atomic mass is 10.2. The van der Waals surface area contributed by atoms with E-state index in [1.807, 2.05) is 0 Å². The molecule has 7 heteroatoms. The minimum Gasteiger partial charge on any atom is -0.277 e. The molecule has 1 N–H and O–H groups in total. The van der Waals surface area contributed by atoms with E-state index >= 15 is 0 Å². The van der Waals surface area contributed by atoms with Crippen LogP contribution in [0.5, 0.6) is 0 Å². The van der Waals surface area contributed by atoms with E-state index in [1.54, 1.807) is 19.1 Å². The van der Waals surface area contributed by atoms with Crippen LogP contribution in [-0.4, -0.2) is 13.4 Å². The Labute approximate surface area is 115 Å². The van der Waals surface area contributed by atoms with E-state index in [-0.39, 0.29) is 16.3 Å². The largest absolute Gasteiger partial charge is 0.277 e. The van der Waals surface area contributed by atoms with Crippen molar-refractivity contribution in [3.8, 4) is 6.07 Å². The van der Waals surface area contributed by atoms with Crippen molar-refractivity contribution >= 4 is 15.7 Å². The lowest BCUT2D eigenvalue weighted by Crippen LogP contribution is -2.14. The van der Waals surface area contributed by atoms with Gasteiger partial charge in [-0.1, -0.05) is 6.07 Å². The van der Waals surface area contributed by atoms with E-state index in [2.05, 4.69) is 9.71 Å². The zero-order valence-electron chi connectivity index (χ0n) is 10.5. The monoisotopic (exact) mass is 291 g/mol. The fourth-order valence-electron chi connectivity index (χ4n) is 1.51. The maximum absolute atomic E-state index is 13.6. The van der Waals surface area contributed by atoms with E-state index in [4.69, 9.17) is 5.26 Å². The molecule has 0 aliphatic carbocycles. The Morgan fingerprint density at radius 1 is 1.30 bits per heavy atom. The first kappa shape index (κ1) is 14.0. The Morgan fingerprint density at radius 3 is 2.60 bits per heavy atom. The Morgan fingerprint density at radius 2 is 2.05 bits per heavy atom. The van der Waals surface area contributed by atoms with Crippen LogP contribution in [0.4, 0.5) is 10.1 Å². The first-order valence-electron chi connectivity index (χ1n) is 5.57. The maximum Gasteiger partial charge on any atom is 0.263 e. The number of nitrogens with one attached hydrogen (secondary N) is 1. The number of aryl methyl sites for hydroxylation is 1. The van der Waals surface area contributed by atoms with Crippen molar-refractivity contribution in [3.63, 3.8) is 0 Å². The summed E-state index contributed by atoms with van der Waals surface area (Å²) in [5, 5.41) is 8.60. The lowest BCUT2D eigenvalue weighted by Gasteiger charge is -2.09. The number of nitriles is 1. The topological polar surface area (TPSA) is 82.9 Å². The predicted octanol–water partition coefficient (Wildman–Crippen LogP) is 2.20. The summed E-state index contributed by atoms with van der Waals surface area (Å²) in [6.45, 7) is 1.70. The van der Waals surface area contributed by atoms with Gasteiger partial charge in [0.2, 0.25) is 0 Å². The second-order valence-electron chi connectivity index (χ2n) is 4.08. The molecule has 0 saturated heterocycles. The number of sulfonamides is 1. The van der Waals surface area contributed by atoms with Gasteiger partial charge in [-0.2, -0.15) is 5.26 Å². The van der Waals surface area contributed by atoms with Gasteiger partial charge in [0.05, 0.1) is 5.69 Å². The molecule has 0 spiro atoms. The third-order valence-electron chi connectivity index (χ3n) is 2.53. The molecule has 0 aliphatic rings. The van der Waals surface area contributed by atoms with Crippen LogP contribution in [-0.2, 0) is 10.0 Å². The van der Waals surface area contributed by atoms with Crippen molar-refractivity contribution in [2.45, 2.75) is 11.8 Å². The molecular weight excluding hydrogens is 281 g/mol. The summed E-state index contributed by atoms with van der Waals surface area (Å²) < 4.78 is 39.8. The highest BCUT2D eigenvalue weighted by Gasteiger charge is 2.16. The third-order valence-corrected chi connectivity index (χ3v) is 3.88. The second kappa shape index (κ2) is 5.27. The van der Waals surface area contributed by atoms with Gasteiger partial charge in [0.15, 0.2) is 0 Å². The van der Waals surface area contributed by atoms with Gasteiger partial charge < -0.3 is 0 Å². The van der Waals surface area contributed by atoms with Crippen LogP contribution in [0.1, 0.15) is 11.3 Å². The van der Waals surface area contributed by atoms with Crippen LogP contribution in [0.3, 0.4) is 0 Å². The molecule has 0 fully saturated rings. The molecule has 102 valence electrons. The molecule has 2 aromatic rings. The molecular formula is C13H10FN3O2S. The quantitative estimate of drug-likeness (QED) is 0.939. The van der Waals surface area contributed by atoms with Crippen LogP contribution in [0, 0.1) is 24.1 Å². The van der Waals surface area contributed by atoms with Crippen molar-refractivity contribution in [2.24, 2.45) is 0 Å². The lowest BCUT2D eigenvalue weighted by molar-refractivity contribution is 0.598. The van der Waals surface area contributed by atoms with Gasteiger partial charge in [-0.25, -0.2) is 17.8 Å². The minimum absolute atomic E-state index is 0.102. The molecule has 1 aromatic carbocycles. The Balaban J connectivity index is 2.33. The molecule has 1 heterocycles. The molecule has 0 bridgehead atoms. The molecule has 0 saturated carbocycles. The van der Waals surface area contributed by atoms with E-state index < -0.39 is 15.8 Å². The SMILES string of the molecule is Cc1ccc(NS(=O)(=O)c2ccc(C#N)nc2)c(F)c1. The van der Waals surface area contributed by atoms with Crippen molar-refractivity contribution in [1.29, 1.82) is 5.26 Å². The molecule has 0 unspecified atom stereocenters. The Hall–Kier alpha value is -2.46. The molecule has 20 heavy (non-hydrogen) atoms. The number of benzene rings is 1. The van der Waals surface area contributed by atoms with E-state index in [1.165, 1.54) is 24.3 Å². The summed E-state index contributed by atoms with van der Waals surface area (Å²) >= 11 is 0. The number of aromatic nitrogens is 1. The fourth-order valence-corrected chi connectivity index (χ4v) is 2.52. The molecule has 5 nitrogen and oxygen atoms in total. The van der Waals surface area contributed by atoms with Crippen LogP contribution in [0.15, 0.2) is 41.4 Å². The van der Waals surface area contributed by atoms with Gasteiger partial charge >= 0.3 is 0 Å². The van der Waals surface area contributed by atoms with Crippen molar-refractivity contribution in [3.05, 3.63) is 53.6 Å². The third kappa shape index (κ3) is 2.92. The molecule has 0 radical (unpaired) electrons. The van der Waals surface area contributed by atoms with Crippen LogP contribution in [0.25, 0.3) is 0 Å². The van der Waals surface area contributed by atoms with Crippen LogP contribution in [0.2, 0.25) is 0 Å². The number of rotatable bonds is 3. The second-order valence-corrected chi connectivity index (χ2v) is 5.76. The number of anilines is 1. The predicted molar refractivity (Wildman–Crippen MR) is 70.9 cm³/mol. The highest BCUT2D eigenvalue weighted by molar-refractivity contribution is 7.92. The van der Waals surface area contributed by atoms with Crippen LogP contribution < -0.4 is 4.72 Å². The summed E-state index contributed by atoms with van der Waals surface area (Å²) in [5.41, 5.74) is 0.649. The summed E-state index contributed by atoms with van der Waals surface area (Å²) in [6.07, 6.45) is 1.05. The normalized spacial score (nSPS) is 10.8. The number of hydrogen-bond acceptors (Lipinski definition) is 4. The first-order chi connectivity index (χ1) is 9.42. The highest BCUT2D eigenvalue weighted by atomic mass is 32.2. The molecule has 1 aromatic heterocycles. The van der Waals surface area contributed by atoms with Crippen LogP contribution >= 0.6 is 0 Å². The zero-order chi connectivity index (χ0) is 14.8. The van der Waals surface area contributed by atoms with E-state index in [0.29, 0.717) is 5.56 Å². The van der Waals surface area contributed by atoms with Gasteiger partial charge in [0.25, 0.3) is 10.0 Å². The fraction of sp³-hybridized carbons (Fsp3) is 0.0769. The maximum atomic E-state index is 13.6. The standard InChI is InChI=1S/C13H10FN3O2S/c1-9-2-5-13(12(14)6-9)17-20(18,19)11-4-3-10(7-15)16-8-11/h2-6,8,17H,1H3. The van der Waals surface area contributed by atoms with Gasteiger partial charge in [-0.15, -0.1) is 0 Å². The number of hydrogen-bond donors (Lipinski definition) is 1. The Bertz CT molecular complexity index is 780. The molecule has 2 rings (SSSR count). The smallest absolute Gasteiger partial charge is 0.263 e. The van der Waals surface area contributed by atoms with Gasteiger partial charge in [-0.3, -0.25) is 4.72 Å². The summed E-state index contributed by atoms with van der Waals surface area (Å²) in [6, 6.07) is 8.47. The van der Waals surface area contributed by atoms with Crippen molar-refractivity contribution in [2.75, 3.05) is 4.72 Å². The summed E-state index contributed by atoms with van der Waals surface area (Å²) in [4.78, 5) is 3.53. The zero-order valence-corrected chi connectivity index (χ0v) is 11.3. The van der Waals surface area contributed by atoms with Gasteiger partial charge in [0, 0.05) is 6.20 Å². The van der Waals surface area contributed by atoms with Crippen molar-refractivity contribution < 1.29 is 12.8 Å². The average molecular weight is 291 g/mol. The molecule has 0 atom stereocenters. The minimum atomic E-state index is -3.94. The van der Waals surface area contributed by atoms with E-state index in [0.717, 1.165) is 6.20 Å². The van der Waals surface area contributed by atoms with Gasteiger partial charge in [0.1, 0.15) is 22.5 Å². The summed E-state index contributed by atoms with van der Waals surface area (Å²) in [7, 11) is -3.94. The number of pyridine rings is 1. The Kier molecular flexibility index (Phi) is 3.68. The summed E-state index contributed by atoms with van der Waals surface area (Å²) in [5.74, 6) is -0.657. The van der Waals surface area contributed by atoms with Crippen molar-refractivity contribution in [1.82, 2.24) is 4.98 Å². The van der Waals surface area contributed by atoms with Gasteiger partial charge in [-0.05, 0) is 36.8 Å². The molecule has 0 aliphatic heterocycles. The first-order valence-corrected chi connectivity index (χ1v) is 7.06. The number of nitrogens with zero attached hydrogens (tertiary/aromatic N) is 2.